The molecule has 4 nitrogen and oxygen atoms in total. The van der Waals surface area contributed by atoms with Gasteiger partial charge in [0.2, 0.25) is 0 Å². The average Bonchev–Trinajstić information content (AvgIpc) is 2.94. The van der Waals surface area contributed by atoms with E-state index in [-0.39, 0.29) is 0 Å². The van der Waals surface area contributed by atoms with Gasteiger partial charge < -0.3 is 19.7 Å². The number of hydrogen-bond acceptors (Lipinski definition) is 4. The Bertz CT molecular complexity index is 428. The second-order valence-electron chi connectivity index (χ2n) is 5.32. The smallest absolute Gasteiger partial charge is 0.124 e. The van der Waals surface area contributed by atoms with Gasteiger partial charge in [0.15, 0.2) is 0 Å². The van der Waals surface area contributed by atoms with Crippen LogP contribution >= 0.6 is 0 Å². The predicted octanol–water partition coefficient (Wildman–Crippen LogP) is 2.03. The van der Waals surface area contributed by atoms with E-state index >= 15 is 0 Å². The van der Waals surface area contributed by atoms with E-state index in [2.05, 4.69) is 22.3 Å². The first-order valence-electron chi connectivity index (χ1n) is 7.05. The summed E-state index contributed by atoms with van der Waals surface area (Å²) in [7, 11) is 3.41. The van der Waals surface area contributed by atoms with Crippen molar-refractivity contribution >= 4 is 5.69 Å². The lowest BCUT2D eigenvalue weighted by Gasteiger charge is -2.39. The van der Waals surface area contributed by atoms with Crippen molar-refractivity contribution in [2.75, 3.05) is 32.2 Å². The molecule has 0 saturated carbocycles. The third-order valence-electron chi connectivity index (χ3n) is 4.29. The van der Waals surface area contributed by atoms with Crippen molar-refractivity contribution in [3.05, 3.63) is 18.2 Å². The maximum atomic E-state index is 5.38. The van der Waals surface area contributed by atoms with Crippen molar-refractivity contribution in [3.63, 3.8) is 0 Å². The molecule has 2 saturated heterocycles. The molecule has 0 radical (unpaired) electrons. The minimum atomic E-state index is 0.616. The van der Waals surface area contributed by atoms with Gasteiger partial charge in [0.05, 0.1) is 14.2 Å². The number of methoxy groups -OCH3 is 2. The molecule has 0 spiro atoms. The van der Waals surface area contributed by atoms with E-state index in [1.54, 1.807) is 14.2 Å². The Morgan fingerprint density at radius 2 is 1.84 bits per heavy atom. The molecule has 0 aliphatic carbocycles. The molecule has 2 unspecified atom stereocenters. The van der Waals surface area contributed by atoms with Gasteiger partial charge >= 0.3 is 0 Å². The maximum absolute atomic E-state index is 5.38. The van der Waals surface area contributed by atoms with Gasteiger partial charge in [-0.1, -0.05) is 0 Å². The number of rotatable bonds is 3. The summed E-state index contributed by atoms with van der Waals surface area (Å²) >= 11 is 0. The quantitative estimate of drug-likeness (QED) is 0.904. The van der Waals surface area contributed by atoms with Crippen LogP contribution in [0, 0.1) is 0 Å². The van der Waals surface area contributed by atoms with Gasteiger partial charge in [0.1, 0.15) is 11.5 Å². The second kappa shape index (κ2) is 5.29. The number of anilines is 1. The fourth-order valence-corrected chi connectivity index (χ4v) is 3.35. The number of nitrogens with one attached hydrogen (secondary N) is 1. The van der Waals surface area contributed by atoms with Crippen LogP contribution in [-0.4, -0.2) is 39.4 Å². The third-order valence-corrected chi connectivity index (χ3v) is 4.29. The van der Waals surface area contributed by atoms with Crippen molar-refractivity contribution in [1.29, 1.82) is 0 Å². The van der Waals surface area contributed by atoms with Gasteiger partial charge in [0, 0.05) is 42.5 Å². The molecule has 19 heavy (non-hydrogen) atoms. The number of piperidine rings is 1. The molecular formula is C15H22N2O2. The van der Waals surface area contributed by atoms with Crippen LogP contribution in [0.4, 0.5) is 5.69 Å². The molecule has 4 heteroatoms. The summed E-state index contributed by atoms with van der Waals surface area (Å²) in [5.41, 5.74) is 1.22. The number of ether oxygens (including phenoxy) is 2. The van der Waals surface area contributed by atoms with Crippen LogP contribution < -0.4 is 19.7 Å². The summed E-state index contributed by atoms with van der Waals surface area (Å²) in [6.07, 6.45) is 3.76. The lowest BCUT2D eigenvalue weighted by molar-refractivity contribution is 0.390. The Kier molecular flexibility index (Phi) is 3.51. The molecule has 0 amide bonds. The van der Waals surface area contributed by atoms with E-state index in [0.717, 1.165) is 24.6 Å². The summed E-state index contributed by atoms with van der Waals surface area (Å²) in [6.45, 7) is 2.26. The predicted molar refractivity (Wildman–Crippen MR) is 76.3 cm³/mol. The Morgan fingerprint density at radius 1 is 1.11 bits per heavy atom. The van der Waals surface area contributed by atoms with Crippen molar-refractivity contribution in [2.45, 2.75) is 31.3 Å². The molecule has 104 valence electrons. The van der Waals surface area contributed by atoms with Crippen LogP contribution in [0.3, 0.4) is 0 Å². The Labute approximate surface area is 114 Å². The molecule has 2 heterocycles. The summed E-state index contributed by atoms with van der Waals surface area (Å²) in [6, 6.07) is 7.42. The molecule has 2 atom stereocenters. The van der Waals surface area contributed by atoms with Crippen molar-refractivity contribution in [1.82, 2.24) is 5.32 Å². The molecule has 0 aromatic heterocycles. The van der Waals surface area contributed by atoms with Gasteiger partial charge in [0.25, 0.3) is 0 Å². The zero-order valence-electron chi connectivity index (χ0n) is 11.7. The van der Waals surface area contributed by atoms with E-state index in [0.29, 0.717) is 12.1 Å². The zero-order chi connectivity index (χ0) is 13.2. The molecule has 3 rings (SSSR count). The second-order valence-corrected chi connectivity index (χ2v) is 5.32. The summed E-state index contributed by atoms with van der Waals surface area (Å²) in [5.74, 6) is 1.73. The Balaban J connectivity index is 1.91. The lowest BCUT2D eigenvalue weighted by atomic mass is 9.96. The fraction of sp³-hybridized carbons (Fsp3) is 0.600. The van der Waals surface area contributed by atoms with E-state index < -0.39 is 0 Å². The monoisotopic (exact) mass is 262 g/mol. The first-order chi connectivity index (χ1) is 9.31. The van der Waals surface area contributed by atoms with Gasteiger partial charge in [-0.25, -0.2) is 0 Å². The van der Waals surface area contributed by atoms with Crippen molar-refractivity contribution in [2.24, 2.45) is 0 Å². The minimum absolute atomic E-state index is 0.616. The Hall–Kier alpha value is -1.42. The highest BCUT2D eigenvalue weighted by Crippen LogP contribution is 2.34. The average molecular weight is 262 g/mol. The summed E-state index contributed by atoms with van der Waals surface area (Å²) < 4.78 is 10.8. The molecular weight excluding hydrogens is 240 g/mol. The van der Waals surface area contributed by atoms with E-state index in [1.807, 2.05) is 6.07 Å². The van der Waals surface area contributed by atoms with E-state index in [4.69, 9.17) is 9.47 Å². The number of benzene rings is 1. The maximum Gasteiger partial charge on any atom is 0.124 e. The van der Waals surface area contributed by atoms with Gasteiger partial charge in [-0.05, 0) is 25.8 Å². The summed E-state index contributed by atoms with van der Waals surface area (Å²) in [4.78, 5) is 2.51. The van der Waals surface area contributed by atoms with Crippen LogP contribution in [0.2, 0.25) is 0 Å². The third kappa shape index (κ3) is 2.37. The van der Waals surface area contributed by atoms with E-state index in [9.17, 15) is 0 Å². The largest absolute Gasteiger partial charge is 0.497 e. The highest BCUT2D eigenvalue weighted by Gasteiger charge is 2.35. The van der Waals surface area contributed by atoms with Crippen molar-refractivity contribution in [3.8, 4) is 11.5 Å². The molecule has 1 aromatic carbocycles. The zero-order valence-corrected chi connectivity index (χ0v) is 11.7. The molecule has 1 aromatic rings. The SMILES string of the molecule is COc1cc(OC)cc(N2CCCC3NCCC32)c1. The van der Waals surface area contributed by atoms with E-state index in [1.165, 1.54) is 24.9 Å². The van der Waals surface area contributed by atoms with Crippen molar-refractivity contribution < 1.29 is 9.47 Å². The van der Waals surface area contributed by atoms with Gasteiger partial charge in [-0.2, -0.15) is 0 Å². The van der Waals surface area contributed by atoms with Crippen LogP contribution in [0.1, 0.15) is 19.3 Å². The van der Waals surface area contributed by atoms with Crippen LogP contribution in [0.25, 0.3) is 0 Å². The molecule has 1 N–H and O–H groups in total. The van der Waals surface area contributed by atoms with Crippen LogP contribution in [0.15, 0.2) is 18.2 Å². The minimum Gasteiger partial charge on any atom is -0.497 e. The standard InChI is InChI=1S/C15H22N2O2/c1-18-12-8-11(9-13(10-12)19-2)17-7-3-4-14-15(17)5-6-16-14/h8-10,14-16H,3-7H2,1-2H3. The molecule has 2 fully saturated rings. The normalized spacial score (nSPS) is 26.1. The fourth-order valence-electron chi connectivity index (χ4n) is 3.35. The number of hydrogen-bond donors (Lipinski definition) is 1. The highest BCUT2D eigenvalue weighted by atomic mass is 16.5. The van der Waals surface area contributed by atoms with Crippen LogP contribution in [0.5, 0.6) is 11.5 Å². The lowest BCUT2D eigenvalue weighted by Crippen LogP contribution is -2.48. The highest BCUT2D eigenvalue weighted by molar-refractivity contribution is 5.57. The molecule has 2 aliphatic heterocycles. The first-order valence-corrected chi connectivity index (χ1v) is 7.05. The molecule has 0 bridgehead atoms. The first kappa shape index (κ1) is 12.6. The number of nitrogens with zero attached hydrogens (tertiary/aromatic N) is 1. The van der Waals surface area contributed by atoms with Gasteiger partial charge in [-0.3, -0.25) is 0 Å². The number of fused-ring (bicyclic) bond motifs is 1. The summed E-state index contributed by atoms with van der Waals surface area (Å²) in [5, 5.41) is 3.61. The Morgan fingerprint density at radius 3 is 2.53 bits per heavy atom. The van der Waals surface area contributed by atoms with Gasteiger partial charge in [-0.15, -0.1) is 0 Å². The topological polar surface area (TPSA) is 33.7 Å². The van der Waals surface area contributed by atoms with Crippen LogP contribution in [-0.2, 0) is 0 Å². The molecule has 2 aliphatic rings.